The molecule has 1 aliphatic rings. The van der Waals surface area contributed by atoms with Crippen molar-refractivity contribution in [3.63, 3.8) is 0 Å². The van der Waals surface area contributed by atoms with Gasteiger partial charge in [0, 0.05) is 16.9 Å². The summed E-state index contributed by atoms with van der Waals surface area (Å²) in [5, 5.41) is 10.5. The Labute approximate surface area is 160 Å². The maximum absolute atomic E-state index is 12.0. The van der Waals surface area contributed by atoms with Gasteiger partial charge in [-0.1, -0.05) is 23.3 Å². The molecule has 138 valence electrons. The minimum absolute atomic E-state index is 0.0865. The molecule has 0 unspecified atom stereocenters. The molecule has 0 atom stereocenters. The van der Waals surface area contributed by atoms with Crippen LogP contribution in [0.15, 0.2) is 57.8 Å². The SMILES string of the molecule is O=C(CCCSc1ccccc1)Nc1nnc(-c2ccc3c(c2)OCO3)o1. The summed E-state index contributed by atoms with van der Waals surface area (Å²) in [4.78, 5) is 13.2. The number of anilines is 1. The summed E-state index contributed by atoms with van der Waals surface area (Å²) in [6.45, 7) is 0.201. The van der Waals surface area contributed by atoms with Gasteiger partial charge in [-0.15, -0.1) is 16.9 Å². The normalized spacial score (nSPS) is 12.1. The van der Waals surface area contributed by atoms with Crippen LogP contribution in [0.3, 0.4) is 0 Å². The Balaban J connectivity index is 1.27. The molecule has 2 heterocycles. The van der Waals surface area contributed by atoms with Gasteiger partial charge in [0.15, 0.2) is 11.5 Å². The fraction of sp³-hybridized carbons (Fsp3) is 0.211. The number of ether oxygens (including phenoxy) is 2. The first-order chi connectivity index (χ1) is 13.3. The van der Waals surface area contributed by atoms with E-state index in [4.69, 9.17) is 13.9 Å². The molecule has 0 spiro atoms. The highest BCUT2D eigenvalue weighted by molar-refractivity contribution is 7.99. The first-order valence-corrected chi connectivity index (χ1v) is 9.48. The summed E-state index contributed by atoms with van der Waals surface area (Å²) in [5.41, 5.74) is 0.700. The largest absolute Gasteiger partial charge is 0.454 e. The molecule has 27 heavy (non-hydrogen) atoms. The van der Waals surface area contributed by atoms with Gasteiger partial charge in [0.1, 0.15) is 0 Å². The molecule has 3 aromatic rings. The van der Waals surface area contributed by atoms with E-state index in [1.54, 1.807) is 30.0 Å². The van der Waals surface area contributed by atoms with Crippen molar-refractivity contribution < 1.29 is 18.7 Å². The summed E-state index contributed by atoms with van der Waals surface area (Å²) in [7, 11) is 0. The lowest BCUT2D eigenvalue weighted by Crippen LogP contribution is -2.11. The summed E-state index contributed by atoms with van der Waals surface area (Å²) < 4.78 is 16.1. The van der Waals surface area contributed by atoms with E-state index in [0.29, 0.717) is 29.4 Å². The number of aromatic nitrogens is 2. The number of hydrogen-bond acceptors (Lipinski definition) is 7. The van der Waals surface area contributed by atoms with Gasteiger partial charge in [-0.3, -0.25) is 10.1 Å². The monoisotopic (exact) mass is 383 g/mol. The molecule has 0 fully saturated rings. The Kier molecular flexibility index (Phi) is 5.24. The minimum atomic E-state index is -0.149. The Hall–Kier alpha value is -3.00. The van der Waals surface area contributed by atoms with E-state index in [0.717, 1.165) is 12.2 Å². The van der Waals surface area contributed by atoms with E-state index in [2.05, 4.69) is 27.6 Å². The second-order valence-electron chi connectivity index (χ2n) is 5.79. The Morgan fingerprint density at radius 1 is 1.07 bits per heavy atom. The van der Waals surface area contributed by atoms with Gasteiger partial charge in [0.2, 0.25) is 18.6 Å². The zero-order valence-electron chi connectivity index (χ0n) is 14.4. The average molecular weight is 383 g/mol. The van der Waals surface area contributed by atoms with Crippen LogP contribution in [-0.2, 0) is 4.79 Å². The van der Waals surface area contributed by atoms with Gasteiger partial charge >= 0.3 is 6.01 Å². The zero-order valence-corrected chi connectivity index (χ0v) is 15.2. The lowest BCUT2D eigenvalue weighted by atomic mass is 10.2. The highest BCUT2D eigenvalue weighted by Gasteiger charge is 2.17. The van der Waals surface area contributed by atoms with Crippen LogP contribution in [0.2, 0.25) is 0 Å². The van der Waals surface area contributed by atoms with Gasteiger partial charge in [0.05, 0.1) is 0 Å². The van der Waals surface area contributed by atoms with Crippen molar-refractivity contribution in [2.45, 2.75) is 17.7 Å². The van der Waals surface area contributed by atoms with E-state index in [1.807, 2.05) is 18.2 Å². The molecular weight excluding hydrogens is 366 g/mol. The fourth-order valence-electron chi connectivity index (χ4n) is 2.54. The Morgan fingerprint density at radius 3 is 2.81 bits per heavy atom. The molecule has 0 saturated carbocycles. The van der Waals surface area contributed by atoms with Crippen molar-refractivity contribution >= 4 is 23.7 Å². The zero-order chi connectivity index (χ0) is 18.5. The van der Waals surface area contributed by atoms with E-state index in [1.165, 1.54) is 4.90 Å². The van der Waals surface area contributed by atoms with Crippen LogP contribution >= 0.6 is 11.8 Å². The van der Waals surface area contributed by atoms with Crippen LogP contribution in [0, 0.1) is 0 Å². The molecule has 0 saturated heterocycles. The van der Waals surface area contributed by atoms with Crippen molar-refractivity contribution in [3.8, 4) is 23.0 Å². The van der Waals surface area contributed by atoms with Crippen LogP contribution in [0.5, 0.6) is 11.5 Å². The number of nitrogens with zero attached hydrogens (tertiary/aromatic N) is 2. The van der Waals surface area contributed by atoms with Crippen LogP contribution < -0.4 is 14.8 Å². The summed E-state index contributed by atoms with van der Waals surface area (Å²) in [6, 6.07) is 15.5. The number of fused-ring (bicyclic) bond motifs is 1. The molecule has 0 bridgehead atoms. The standard InChI is InChI=1S/C19H17N3O4S/c23-17(7-4-10-27-14-5-2-1-3-6-14)20-19-22-21-18(26-19)13-8-9-15-16(11-13)25-12-24-15/h1-3,5-6,8-9,11H,4,7,10,12H2,(H,20,22,23). The van der Waals surface area contributed by atoms with Crippen LogP contribution in [0.4, 0.5) is 6.01 Å². The van der Waals surface area contributed by atoms with Crippen molar-refractivity contribution in [2.24, 2.45) is 0 Å². The quantitative estimate of drug-likeness (QED) is 0.488. The predicted molar refractivity (Wildman–Crippen MR) is 101 cm³/mol. The van der Waals surface area contributed by atoms with Gasteiger partial charge in [-0.05, 0) is 42.5 Å². The predicted octanol–water partition coefficient (Wildman–Crippen LogP) is 3.98. The van der Waals surface area contributed by atoms with Crippen molar-refractivity contribution in [3.05, 3.63) is 48.5 Å². The van der Waals surface area contributed by atoms with Crippen LogP contribution in [0.25, 0.3) is 11.5 Å². The molecule has 0 aliphatic carbocycles. The molecular formula is C19H17N3O4S. The molecule has 1 aromatic heterocycles. The second-order valence-corrected chi connectivity index (χ2v) is 6.96. The van der Waals surface area contributed by atoms with Crippen LogP contribution in [0.1, 0.15) is 12.8 Å². The van der Waals surface area contributed by atoms with Crippen LogP contribution in [-0.4, -0.2) is 28.7 Å². The van der Waals surface area contributed by atoms with Gasteiger partial charge in [-0.25, -0.2) is 0 Å². The van der Waals surface area contributed by atoms with Gasteiger partial charge in [0.25, 0.3) is 0 Å². The summed E-state index contributed by atoms with van der Waals surface area (Å²) >= 11 is 1.73. The molecule has 0 radical (unpaired) electrons. The van der Waals surface area contributed by atoms with Crippen molar-refractivity contribution in [1.29, 1.82) is 0 Å². The highest BCUT2D eigenvalue weighted by atomic mass is 32.2. The maximum atomic E-state index is 12.0. The number of carbonyl (C=O) groups is 1. The number of hydrogen-bond donors (Lipinski definition) is 1. The fourth-order valence-corrected chi connectivity index (χ4v) is 3.42. The molecule has 1 amide bonds. The molecule has 1 aliphatic heterocycles. The topological polar surface area (TPSA) is 86.5 Å². The third kappa shape index (κ3) is 4.40. The lowest BCUT2D eigenvalue weighted by molar-refractivity contribution is -0.116. The minimum Gasteiger partial charge on any atom is -0.454 e. The molecule has 1 N–H and O–H groups in total. The molecule has 2 aromatic carbocycles. The van der Waals surface area contributed by atoms with Crippen molar-refractivity contribution in [2.75, 3.05) is 17.9 Å². The molecule has 4 rings (SSSR count). The Bertz CT molecular complexity index is 930. The van der Waals surface area contributed by atoms with Gasteiger partial charge in [-0.2, -0.15) is 0 Å². The Morgan fingerprint density at radius 2 is 1.93 bits per heavy atom. The van der Waals surface area contributed by atoms with E-state index >= 15 is 0 Å². The van der Waals surface area contributed by atoms with E-state index < -0.39 is 0 Å². The van der Waals surface area contributed by atoms with Gasteiger partial charge < -0.3 is 13.9 Å². The highest BCUT2D eigenvalue weighted by Crippen LogP contribution is 2.35. The smallest absolute Gasteiger partial charge is 0.322 e. The number of amides is 1. The first kappa shape index (κ1) is 17.4. The summed E-state index contributed by atoms with van der Waals surface area (Å²) in [5.74, 6) is 2.34. The first-order valence-electron chi connectivity index (χ1n) is 8.49. The van der Waals surface area contributed by atoms with E-state index in [9.17, 15) is 4.79 Å². The summed E-state index contributed by atoms with van der Waals surface area (Å²) in [6.07, 6.45) is 1.15. The molecule has 7 nitrogen and oxygen atoms in total. The average Bonchev–Trinajstić information content (AvgIpc) is 3.34. The third-order valence-corrected chi connectivity index (χ3v) is 4.95. The third-order valence-electron chi connectivity index (χ3n) is 3.85. The number of benzene rings is 2. The number of nitrogens with one attached hydrogen (secondary N) is 1. The maximum Gasteiger partial charge on any atom is 0.322 e. The molecule has 8 heteroatoms. The van der Waals surface area contributed by atoms with E-state index in [-0.39, 0.29) is 18.7 Å². The number of carbonyl (C=O) groups excluding carboxylic acids is 1. The lowest BCUT2D eigenvalue weighted by Gasteiger charge is -2.02. The van der Waals surface area contributed by atoms with Crippen molar-refractivity contribution in [1.82, 2.24) is 10.2 Å². The second kappa shape index (κ2) is 8.13. The number of rotatable bonds is 7. The number of thioether (sulfide) groups is 1.